The molecule has 0 N–H and O–H groups in total. The molecular weight excluding hydrogens is 412 g/mol. The Morgan fingerprint density at radius 3 is 2.52 bits per heavy atom. The topological polar surface area (TPSA) is 88.8 Å². The maximum Gasteiger partial charge on any atom is 0.341 e. The highest BCUT2D eigenvalue weighted by molar-refractivity contribution is 7.14. The van der Waals surface area contributed by atoms with E-state index in [4.69, 9.17) is 21.1 Å². The van der Waals surface area contributed by atoms with Gasteiger partial charge in [0.15, 0.2) is 5.92 Å². The highest BCUT2D eigenvalue weighted by Gasteiger charge is 2.25. The number of thiophene rings is 1. The molecule has 1 aromatic carbocycles. The number of carbonyl (C=O) groups is 2. The van der Waals surface area contributed by atoms with Gasteiger partial charge in [0, 0.05) is 22.2 Å². The lowest BCUT2D eigenvalue weighted by molar-refractivity contribution is -0.155. The van der Waals surface area contributed by atoms with E-state index in [0.29, 0.717) is 15.6 Å². The van der Waals surface area contributed by atoms with E-state index < -0.39 is 23.5 Å². The van der Waals surface area contributed by atoms with E-state index in [1.54, 1.807) is 57.3 Å². The van der Waals surface area contributed by atoms with E-state index in [1.165, 1.54) is 17.6 Å². The van der Waals surface area contributed by atoms with Crippen LogP contribution in [0.1, 0.15) is 38.1 Å². The zero-order valence-corrected chi connectivity index (χ0v) is 18.1. The van der Waals surface area contributed by atoms with Crippen LogP contribution in [-0.4, -0.2) is 30.4 Å². The van der Waals surface area contributed by atoms with Crippen LogP contribution in [0.2, 0.25) is 5.02 Å². The minimum atomic E-state index is -1.19. The predicted octanol–water partition coefficient (Wildman–Crippen LogP) is 5.43. The second-order valence-corrected chi connectivity index (χ2v) is 8.27. The van der Waals surface area contributed by atoms with Crippen molar-refractivity contribution in [1.29, 1.82) is 5.26 Å². The minimum Gasteiger partial charge on any atom is -0.462 e. The van der Waals surface area contributed by atoms with Gasteiger partial charge in [0.05, 0.1) is 12.7 Å². The van der Waals surface area contributed by atoms with Gasteiger partial charge in [0.1, 0.15) is 16.2 Å². The third kappa shape index (κ3) is 6.14. The van der Waals surface area contributed by atoms with E-state index >= 15 is 0 Å². The molecular formula is C21H21ClN2O4S. The summed E-state index contributed by atoms with van der Waals surface area (Å²) in [5.41, 5.74) is 0.972. The van der Waals surface area contributed by atoms with Gasteiger partial charge in [-0.1, -0.05) is 23.7 Å². The molecule has 2 rings (SSSR count). The number of rotatable bonds is 6. The van der Waals surface area contributed by atoms with Crippen LogP contribution in [0.4, 0.5) is 5.00 Å². The fourth-order valence-electron chi connectivity index (χ4n) is 2.34. The molecule has 0 aliphatic heterocycles. The molecule has 2 aromatic rings. The van der Waals surface area contributed by atoms with Crippen molar-refractivity contribution in [2.75, 3.05) is 6.61 Å². The van der Waals surface area contributed by atoms with Gasteiger partial charge in [-0.05, 0) is 45.4 Å². The molecule has 0 aliphatic carbocycles. The Bertz CT molecular complexity index is 953. The number of halogens is 1. The third-order valence-corrected chi connectivity index (χ3v) is 4.69. The van der Waals surface area contributed by atoms with Crippen LogP contribution in [0.5, 0.6) is 0 Å². The molecule has 0 spiro atoms. The molecule has 1 heterocycles. The van der Waals surface area contributed by atoms with Crippen molar-refractivity contribution in [3.63, 3.8) is 0 Å². The molecule has 0 radical (unpaired) electrons. The number of hydrogen-bond acceptors (Lipinski definition) is 7. The zero-order chi connectivity index (χ0) is 21.6. The molecule has 29 heavy (non-hydrogen) atoms. The smallest absolute Gasteiger partial charge is 0.341 e. The normalized spacial score (nSPS) is 12.4. The fourth-order valence-corrected chi connectivity index (χ4v) is 3.38. The highest BCUT2D eigenvalue weighted by Crippen LogP contribution is 2.38. The maximum absolute atomic E-state index is 12.6. The van der Waals surface area contributed by atoms with Crippen molar-refractivity contribution >= 4 is 46.1 Å². The van der Waals surface area contributed by atoms with Crippen LogP contribution < -0.4 is 0 Å². The molecule has 8 heteroatoms. The summed E-state index contributed by atoms with van der Waals surface area (Å²) in [6.07, 6.45) is 1.19. The first-order valence-electron chi connectivity index (χ1n) is 8.87. The van der Waals surface area contributed by atoms with Gasteiger partial charge in [0.2, 0.25) is 0 Å². The van der Waals surface area contributed by atoms with Crippen LogP contribution in [0.25, 0.3) is 11.1 Å². The number of nitriles is 1. The number of aliphatic imine (C=N–C) groups is 1. The molecule has 0 amide bonds. The summed E-state index contributed by atoms with van der Waals surface area (Å²) in [6.45, 7) is 7.06. The van der Waals surface area contributed by atoms with Gasteiger partial charge < -0.3 is 9.47 Å². The van der Waals surface area contributed by atoms with Crippen LogP contribution in [0, 0.1) is 17.2 Å². The van der Waals surface area contributed by atoms with Gasteiger partial charge in [-0.15, -0.1) is 11.3 Å². The second-order valence-electron chi connectivity index (χ2n) is 6.98. The van der Waals surface area contributed by atoms with Gasteiger partial charge in [-0.25, -0.2) is 9.79 Å². The largest absolute Gasteiger partial charge is 0.462 e. The standard InChI is InChI=1S/C21H21ClN2O4S/c1-5-27-20(26)17-16(13-6-8-15(22)9-7-13)12-29-18(17)24-11-14(10-23)19(25)28-21(2,3)4/h6-9,11-12,14H,5H2,1-4H3. The van der Waals surface area contributed by atoms with Crippen LogP contribution >= 0.6 is 22.9 Å². The Morgan fingerprint density at radius 1 is 1.31 bits per heavy atom. The summed E-state index contributed by atoms with van der Waals surface area (Å²) in [7, 11) is 0. The summed E-state index contributed by atoms with van der Waals surface area (Å²) < 4.78 is 10.4. The van der Waals surface area contributed by atoms with Crippen molar-refractivity contribution in [2.24, 2.45) is 10.9 Å². The fraction of sp³-hybridized carbons (Fsp3) is 0.333. The van der Waals surface area contributed by atoms with Crippen molar-refractivity contribution in [3.05, 3.63) is 40.2 Å². The van der Waals surface area contributed by atoms with Crippen LogP contribution in [0.3, 0.4) is 0 Å². The quantitative estimate of drug-likeness (QED) is 0.448. The molecule has 0 aliphatic rings. The summed E-state index contributed by atoms with van der Waals surface area (Å²) in [5, 5.41) is 12.0. The molecule has 0 saturated heterocycles. The average molecular weight is 433 g/mol. The molecule has 1 aromatic heterocycles. The van der Waals surface area contributed by atoms with E-state index in [-0.39, 0.29) is 12.2 Å². The summed E-state index contributed by atoms with van der Waals surface area (Å²) in [4.78, 5) is 28.9. The van der Waals surface area contributed by atoms with Crippen molar-refractivity contribution in [2.45, 2.75) is 33.3 Å². The van der Waals surface area contributed by atoms with Crippen molar-refractivity contribution in [3.8, 4) is 17.2 Å². The first kappa shape index (κ1) is 22.6. The molecule has 1 atom stereocenters. The first-order valence-corrected chi connectivity index (χ1v) is 10.1. The van der Waals surface area contributed by atoms with Crippen molar-refractivity contribution < 1.29 is 19.1 Å². The second kappa shape index (κ2) is 9.68. The number of nitrogens with zero attached hydrogens (tertiary/aromatic N) is 2. The van der Waals surface area contributed by atoms with E-state index in [0.717, 1.165) is 5.56 Å². The molecule has 0 bridgehead atoms. The maximum atomic E-state index is 12.6. The Hall–Kier alpha value is -2.69. The molecule has 152 valence electrons. The lowest BCUT2D eigenvalue weighted by atomic mass is 10.0. The summed E-state index contributed by atoms with van der Waals surface area (Å²) in [6, 6.07) is 8.89. The van der Waals surface area contributed by atoms with Gasteiger partial charge >= 0.3 is 11.9 Å². The SMILES string of the molecule is CCOC(=O)c1c(-c2ccc(Cl)cc2)csc1N=CC(C#N)C(=O)OC(C)(C)C. The van der Waals surface area contributed by atoms with Crippen molar-refractivity contribution in [1.82, 2.24) is 0 Å². The summed E-state index contributed by atoms with van der Waals surface area (Å²) in [5.74, 6) is -2.42. The number of carbonyl (C=O) groups excluding carboxylic acids is 2. The molecule has 1 unspecified atom stereocenters. The monoisotopic (exact) mass is 432 g/mol. The van der Waals surface area contributed by atoms with E-state index in [9.17, 15) is 14.9 Å². The summed E-state index contributed by atoms with van der Waals surface area (Å²) >= 11 is 7.16. The number of ether oxygens (including phenoxy) is 2. The molecule has 6 nitrogen and oxygen atoms in total. The average Bonchev–Trinajstić information content (AvgIpc) is 3.05. The van der Waals surface area contributed by atoms with Gasteiger partial charge in [-0.2, -0.15) is 5.26 Å². The lowest BCUT2D eigenvalue weighted by Gasteiger charge is -2.20. The molecule has 0 fully saturated rings. The lowest BCUT2D eigenvalue weighted by Crippen LogP contribution is -2.28. The Kier molecular flexibility index (Phi) is 7.54. The van der Waals surface area contributed by atoms with Gasteiger partial charge in [0.25, 0.3) is 0 Å². The Labute approximate surface area is 178 Å². The third-order valence-electron chi connectivity index (χ3n) is 3.55. The number of benzene rings is 1. The minimum absolute atomic E-state index is 0.205. The van der Waals surface area contributed by atoms with E-state index in [2.05, 4.69) is 4.99 Å². The molecule has 0 saturated carbocycles. The van der Waals surface area contributed by atoms with Gasteiger partial charge in [-0.3, -0.25) is 4.79 Å². The first-order chi connectivity index (χ1) is 13.7. The number of hydrogen-bond donors (Lipinski definition) is 0. The van der Waals surface area contributed by atoms with Crippen LogP contribution in [0.15, 0.2) is 34.6 Å². The van der Waals surface area contributed by atoms with E-state index in [1.807, 2.05) is 6.07 Å². The highest BCUT2D eigenvalue weighted by atomic mass is 35.5. The number of esters is 2. The predicted molar refractivity (Wildman–Crippen MR) is 114 cm³/mol. The Morgan fingerprint density at radius 2 is 1.97 bits per heavy atom. The van der Waals surface area contributed by atoms with Crippen LogP contribution in [-0.2, 0) is 14.3 Å². The zero-order valence-electron chi connectivity index (χ0n) is 16.6. The Balaban J connectivity index is 2.40.